The normalized spacial score (nSPS) is 19.1. The van der Waals surface area contributed by atoms with Gasteiger partial charge in [0.05, 0.1) is 12.7 Å². The van der Waals surface area contributed by atoms with Gasteiger partial charge in [-0.05, 0) is 26.0 Å². The van der Waals surface area contributed by atoms with Crippen molar-refractivity contribution in [3.05, 3.63) is 23.8 Å². The van der Waals surface area contributed by atoms with Crippen molar-refractivity contribution in [2.24, 2.45) is 0 Å². The molecule has 19 heavy (non-hydrogen) atoms. The Morgan fingerprint density at radius 2 is 2.16 bits per heavy atom. The SMILES string of the molecule is CC(C)OCC(O)COc1ccc2c(c1)OCC2O. The number of hydrogen-bond donors (Lipinski definition) is 2. The molecule has 5 heteroatoms. The van der Waals surface area contributed by atoms with E-state index in [1.54, 1.807) is 18.2 Å². The molecule has 106 valence electrons. The Bertz CT molecular complexity index is 418. The molecule has 2 atom stereocenters. The van der Waals surface area contributed by atoms with Gasteiger partial charge < -0.3 is 24.4 Å². The van der Waals surface area contributed by atoms with Crippen LogP contribution in [0, 0.1) is 0 Å². The molecule has 0 saturated heterocycles. The summed E-state index contributed by atoms with van der Waals surface area (Å²) in [5.74, 6) is 1.24. The van der Waals surface area contributed by atoms with Crippen LogP contribution in [0.5, 0.6) is 11.5 Å². The van der Waals surface area contributed by atoms with Gasteiger partial charge in [-0.15, -0.1) is 0 Å². The van der Waals surface area contributed by atoms with E-state index in [1.807, 2.05) is 13.8 Å². The smallest absolute Gasteiger partial charge is 0.129 e. The van der Waals surface area contributed by atoms with Crippen LogP contribution in [0.3, 0.4) is 0 Å². The van der Waals surface area contributed by atoms with Crippen LogP contribution in [0.4, 0.5) is 0 Å². The Kier molecular flexibility index (Phi) is 4.63. The highest BCUT2D eigenvalue weighted by molar-refractivity contribution is 5.44. The lowest BCUT2D eigenvalue weighted by Gasteiger charge is -2.14. The molecule has 5 nitrogen and oxygen atoms in total. The predicted molar refractivity (Wildman–Crippen MR) is 69.5 cm³/mol. The number of aliphatic hydroxyl groups is 2. The van der Waals surface area contributed by atoms with E-state index in [4.69, 9.17) is 14.2 Å². The Hall–Kier alpha value is -1.30. The molecule has 1 aliphatic heterocycles. The maximum atomic E-state index is 9.67. The molecule has 1 aliphatic rings. The molecule has 1 heterocycles. The molecule has 1 aromatic carbocycles. The molecule has 2 unspecified atom stereocenters. The highest BCUT2D eigenvalue weighted by atomic mass is 16.5. The first-order valence-corrected chi connectivity index (χ1v) is 6.43. The molecule has 0 amide bonds. The second-order valence-corrected chi connectivity index (χ2v) is 4.87. The van der Waals surface area contributed by atoms with Crippen LogP contribution < -0.4 is 9.47 Å². The first kappa shape index (κ1) is 14.1. The average molecular weight is 268 g/mol. The van der Waals surface area contributed by atoms with E-state index < -0.39 is 12.2 Å². The summed E-state index contributed by atoms with van der Waals surface area (Å²) in [6.45, 7) is 4.52. The third-order valence-corrected chi connectivity index (χ3v) is 2.81. The summed E-state index contributed by atoms with van der Waals surface area (Å²) in [5, 5.41) is 19.3. The third-order valence-electron chi connectivity index (χ3n) is 2.81. The van der Waals surface area contributed by atoms with Crippen LogP contribution in [-0.4, -0.2) is 42.2 Å². The quantitative estimate of drug-likeness (QED) is 0.813. The van der Waals surface area contributed by atoms with Gasteiger partial charge in [0.1, 0.15) is 36.9 Å². The van der Waals surface area contributed by atoms with Crippen LogP contribution in [0.2, 0.25) is 0 Å². The summed E-state index contributed by atoms with van der Waals surface area (Å²) in [5.41, 5.74) is 0.774. The molecule has 0 fully saturated rings. The Balaban J connectivity index is 1.83. The second-order valence-electron chi connectivity index (χ2n) is 4.87. The summed E-state index contributed by atoms with van der Waals surface area (Å²) in [6.07, 6.45) is -1.14. The summed E-state index contributed by atoms with van der Waals surface area (Å²) < 4.78 is 16.1. The van der Waals surface area contributed by atoms with Crippen LogP contribution >= 0.6 is 0 Å². The van der Waals surface area contributed by atoms with Crippen LogP contribution in [0.15, 0.2) is 18.2 Å². The largest absolute Gasteiger partial charge is 0.491 e. The minimum atomic E-state index is -0.665. The van der Waals surface area contributed by atoms with Gasteiger partial charge in [-0.25, -0.2) is 0 Å². The van der Waals surface area contributed by atoms with Gasteiger partial charge >= 0.3 is 0 Å². The first-order valence-electron chi connectivity index (χ1n) is 6.43. The Morgan fingerprint density at radius 3 is 2.89 bits per heavy atom. The van der Waals surface area contributed by atoms with E-state index in [0.717, 1.165) is 5.56 Å². The summed E-state index contributed by atoms with van der Waals surface area (Å²) in [4.78, 5) is 0. The molecular weight excluding hydrogens is 248 g/mol. The third kappa shape index (κ3) is 3.83. The van der Waals surface area contributed by atoms with Gasteiger partial charge in [0.15, 0.2) is 0 Å². The van der Waals surface area contributed by atoms with Gasteiger partial charge in [-0.2, -0.15) is 0 Å². The number of rotatable bonds is 6. The lowest BCUT2D eigenvalue weighted by atomic mass is 10.1. The lowest BCUT2D eigenvalue weighted by Crippen LogP contribution is -2.25. The minimum Gasteiger partial charge on any atom is -0.491 e. The summed E-state index contributed by atoms with van der Waals surface area (Å²) >= 11 is 0. The van der Waals surface area contributed by atoms with E-state index in [9.17, 15) is 10.2 Å². The number of ether oxygens (including phenoxy) is 3. The van der Waals surface area contributed by atoms with Crippen LogP contribution in [-0.2, 0) is 4.74 Å². The predicted octanol–water partition coefficient (Wildman–Crippen LogP) is 1.28. The molecular formula is C14H20O5. The van der Waals surface area contributed by atoms with E-state index >= 15 is 0 Å². The molecule has 1 aromatic rings. The number of aliphatic hydroxyl groups excluding tert-OH is 2. The Morgan fingerprint density at radius 1 is 1.37 bits per heavy atom. The van der Waals surface area contributed by atoms with Gasteiger partial charge in [-0.1, -0.05) is 0 Å². The van der Waals surface area contributed by atoms with E-state index in [-0.39, 0.29) is 25.9 Å². The van der Waals surface area contributed by atoms with E-state index in [0.29, 0.717) is 11.5 Å². The van der Waals surface area contributed by atoms with Crippen molar-refractivity contribution in [1.29, 1.82) is 0 Å². The number of fused-ring (bicyclic) bond motifs is 1. The number of hydrogen-bond acceptors (Lipinski definition) is 5. The maximum absolute atomic E-state index is 9.67. The van der Waals surface area contributed by atoms with Crippen molar-refractivity contribution in [2.45, 2.75) is 32.2 Å². The van der Waals surface area contributed by atoms with Crippen molar-refractivity contribution in [2.75, 3.05) is 19.8 Å². The topological polar surface area (TPSA) is 68.2 Å². The minimum absolute atomic E-state index is 0.0875. The molecule has 2 N–H and O–H groups in total. The van der Waals surface area contributed by atoms with Crippen LogP contribution in [0.25, 0.3) is 0 Å². The van der Waals surface area contributed by atoms with E-state index in [1.165, 1.54) is 0 Å². The summed E-state index contributed by atoms with van der Waals surface area (Å²) in [6, 6.07) is 5.26. The monoisotopic (exact) mass is 268 g/mol. The van der Waals surface area contributed by atoms with Crippen molar-refractivity contribution in [1.82, 2.24) is 0 Å². The van der Waals surface area contributed by atoms with Crippen LogP contribution in [0.1, 0.15) is 25.5 Å². The second kappa shape index (κ2) is 6.23. The van der Waals surface area contributed by atoms with Gasteiger partial charge in [0, 0.05) is 11.6 Å². The van der Waals surface area contributed by atoms with Crippen molar-refractivity contribution >= 4 is 0 Å². The average Bonchev–Trinajstić information content (AvgIpc) is 2.75. The summed E-state index contributed by atoms with van der Waals surface area (Å²) in [7, 11) is 0. The van der Waals surface area contributed by atoms with Crippen molar-refractivity contribution in [3.8, 4) is 11.5 Å². The first-order chi connectivity index (χ1) is 9.06. The highest BCUT2D eigenvalue weighted by Gasteiger charge is 2.22. The van der Waals surface area contributed by atoms with Crippen molar-refractivity contribution < 1.29 is 24.4 Å². The molecule has 0 bridgehead atoms. The maximum Gasteiger partial charge on any atom is 0.129 e. The van der Waals surface area contributed by atoms with E-state index in [2.05, 4.69) is 0 Å². The molecule has 0 spiro atoms. The van der Waals surface area contributed by atoms with Gasteiger partial charge in [0.2, 0.25) is 0 Å². The zero-order valence-corrected chi connectivity index (χ0v) is 11.2. The van der Waals surface area contributed by atoms with Gasteiger partial charge in [-0.3, -0.25) is 0 Å². The number of benzene rings is 1. The molecule has 0 aliphatic carbocycles. The van der Waals surface area contributed by atoms with Gasteiger partial charge in [0.25, 0.3) is 0 Å². The fraction of sp³-hybridized carbons (Fsp3) is 0.571. The molecule has 0 radical (unpaired) electrons. The fourth-order valence-corrected chi connectivity index (χ4v) is 1.81. The Labute approximate surface area is 112 Å². The zero-order chi connectivity index (χ0) is 13.8. The highest BCUT2D eigenvalue weighted by Crippen LogP contribution is 2.34. The molecule has 0 aromatic heterocycles. The fourth-order valence-electron chi connectivity index (χ4n) is 1.81. The standard InChI is InChI=1S/C14H20O5/c1-9(2)17-6-10(15)7-18-11-3-4-12-13(16)8-19-14(12)5-11/h3-5,9-10,13,15-16H,6-8H2,1-2H3. The zero-order valence-electron chi connectivity index (χ0n) is 11.2. The molecule has 2 rings (SSSR count). The lowest BCUT2D eigenvalue weighted by molar-refractivity contribution is -0.0123. The van der Waals surface area contributed by atoms with Crippen molar-refractivity contribution in [3.63, 3.8) is 0 Å². The molecule has 0 saturated carbocycles.